The molecule has 0 spiro atoms. The molecular formula is C55H101N2O6P. The summed E-state index contributed by atoms with van der Waals surface area (Å²) in [5.41, 5.74) is 0. The van der Waals surface area contributed by atoms with E-state index in [1.54, 1.807) is 6.08 Å². The van der Waals surface area contributed by atoms with Gasteiger partial charge in [0.2, 0.25) is 5.91 Å². The number of carbonyl (C=O) groups is 1. The van der Waals surface area contributed by atoms with Crippen molar-refractivity contribution in [3.63, 3.8) is 0 Å². The number of allylic oxidation sites excluding steroid dienone is 11. The van der Waals surface area contributed by atoms with Gasteiger partial charge in [-0.3, -0.25) is 9.36 Å². The molecule has 0 aliphatic rings. The lowest BCUT2D eigenvalue weighted by atomic mass is 10.0. The number of carbonyl (C=O) groups excluding carboxylic acids is 1. The average Bonchev–Trinajstić information content (AvgIpc) is 3.25. The fourth-order valence-corrected chi connectivity index (χ4v) is 8.00. The molecule has 0 aromatic heterocycles. The molecule has 0 bridgehead atoms. The number of phosphoric ester groups is 1. The van der Waals surface area contributed by atoms with E-state index in [9.17, 15) is 19.4 Å². The minimum Gasteiger partial charge on any atom is -0.756 e. The number of aliphatic hydroxyl groups is 1. The van der Waals surface area contributed by atoms with E-state index in [0.717, 1.165) is 64.2 Å². The van der Waals surface area contributed by atoms with Crippen molar-refractivity contribution in [3.8, 4) is 0 Å². The van der Waals surface area contributed by atoms with Gasteiger partial charge < -0.3 is 28.8 Å². The van der Waals surface area contributed by atoms with Gasteiger partial charge in [-0.2, -0.15) is 0 Å². The van der Waals surface area contributed by atoms with Gasteiger partial charge in [-0.05, 0) is 70.6 Å². The van der Waals surface area contributed by atoms with Crippen molar-refractivity contribution >= 4 is 13.7 Å². The number of unbranched alkanes of at least 4 members (excludes halogenated alkanes) is 24. The molecule has 1 amide bonds. The fourth-order valence-electron chi connectivity index (χ4n) is 7.28. The van der Waals surface area contributed by atoms with Gasteiger partial charge in [0, 0.05) is 6.42 Å². The highest BCUT2D eigenvalue weighted by Gasteiger charge is 2.23. The monoisotopic (exact) mass is 917 g/mol. The molecule has 0 fully saturated rings. The fraction of sp³-hybridized carbons (Fsp3) is 0.764. The van der Waals surface area contributed by atoms with Gasteiger partial charge in [-0.1, -0.05) is 215 Å². The van der Waals surface area contributed by atoms with Crippen LogP contribution in [0, 0.1) is 0 Å². The molecule has 0 saturated carbocycles. The van der Waals surface area contributed by atoms with Crippen LogP contribution in [0.2, 0.25) is 0 Å². The number of amides is 1. The van der Waals surface area contributed by atoms with Gasteiger partial charge in [0.1, 0.15) is 13.2 Å². The second-order valence-electron chi connectivity index (χ2n) is 18.8. The highest BCUT2D eigenvalue weighted by Crippen LogP contribution is 2.38. The smallest absolute Gasteiger partial charge is 0.268 e. The lowest BCUT2D eigenvalue weighted by Crippen LogP contribution is -2.45. The molecule has 0 radical (unpaired) electrons. The maximum Gasteiger partial charge on any atom is 0.268 e. The van der Waals surface area contributed by atoms with Gasteiger partial charge in [-0.25, -0.2) is 0 Å². The largest absolute Gasteiger partial charge is 0.756 e. The SMILES string of the molecule is CC/C=C\C/C=C\C/C=C\C/C=C\CCCCCCCCCCCCCCCCCCCCCCC(=O)NC(COP(=O)([O-])OCC[N+](C)(C)C)C(O)/C=C/CC/C=C/CCCCC. The van der Waals surface area contributed by atoms with Crippen LogP contribution in [-0.4, -0.2) is 68.5 Å². The second kappa shape index (κ2) is 46.1. The first kappa shape index (κ1) is 61.9. The zero-order valence-electron chi connectivity index (χ0n) is 42.2. The molecule has 0 aliphatic carbocycles. The van der Waals surface area contributed by atoms with Crippen molar-refractivity contribution in [1.82, 2.24) is 5.32 Å². The molecule has 0 saturated heterocycles. The van der Waals surface area contributed by atoms with Crippen molar-refractivity contribution in [2.24, 2.45) is 0 Å². The summed E-state index contributed by atoms with van der Waals surface area (Å²) in [4.78, 5) is 25.3. The molecule has 0 rings (SSSR count). The predicted octanol–water partition coefficient (Wildman–Crippen LogP) is 14.9. The first-order valence-electron chi connectivity index (χ1n) is 26.3. The van der Waals surface area contributed by atoms with E-state index in [0.29, 0.717) is 17.4 Å². The molecule has 0 heterocycles. The first-order valence-corrected chi connectivity index (χ1v) is 27.8. The summed E-state index contributed by atoms with van der Waals surface area (Å²) < 4.78 is 23.2. The number of hydrogen-bond donors (Lipinski definition) is 2. The van der Waals surface area contributed by atoms with Crippen LogP contribution in [0.4, 0.5) is 0 Å². The molecular weight excluding hydrogens is 816 g/mol. The van der Waals surface area contributed by atoms with E-state index in [1.807, 2.05) is 27.2 Å². The highest BCUT2D eigenvalue weighted by molar-refractivity contribution is 7.45. The number of nitrogens with zero attached hydrogens (tertiary/aromatic N) is 1. The van der Waals surface area contributed by atoms with Crippen LogP contribution in [0.25, 0.3) is 0 Å². The molecule has 0 aromatic carbocycles. The second-order valence-corrected chi connectivity index (χ2v) is 20.2. The van der Waals surface area contributed by atoms with E-state index in [2.05, 4.69) is 79.9 Å². The minimum atomic E-state index is -4.59. The van der Waals surface area contributed by atoms with E-state index in [-0.39, 0.29) is 12.5 Å². The lowest BCUT2D eigenvalue weighted by Gasteiger charge is -2.29. The van der Waals surface area contributed by atoms with Crippen molar-refractivity contribution in [1.29, 1.82) is 0 Å². The van der Waals surface area contributed by atoms with Crippen LogP contribution in [0.5, 0.6) is 0 Å². The number of aliphatic hydroxyl groups excluding tert-OH is 1. The average molecular weight is 917 g/mol. The third-order valence-corrected chi connectivity index (χ3v) is 12.4. The van der Waals surface area contributed by atoms with Crippen LogP contribution < -0.4 is 10.2 Å². The molecule has 8 nitrogen and oxygen atoms in total. The van der Waals surface area contributed by atoms with Gasteiger partial charge in [0.15, 0.2) is 0 Å². The van der Waals surface area contributed by atoms with Crippen LogP contribution in [-0.2, 0) is 18.4 Å². The third-order valence-electron chi connectivity index (χ3n) is 11.4. The maximum absolute atomic E-state index is 12.9. The number of rotatable bonds is 47. The van der Waals surface area contributed by atoms with E-state index < -0.39 is 26.6 Å². The zero-order chi connectivity index (χ0) is 47.1. The number of likely N-dealkylation sites (N-methyl/N-ethyl adjacent to an activating group) is 1. The Morgan fingerprint density at radius 2 is 0.969 bits per heavy atom. The summed E-state index contributed by atoms with van der Waals surface area (Å²) >= 11 is 0. The molecule has 0 aliphatic heterocycles. The van der Waals surface area contributed by atoms with Crippen LogP contribution in [0.15, 0.2) is 72.9 Å². The minimum absolute atomic E-state index is 0.00769. The number of phosphoric acid groups is 1. The summed E-state index contributed by atoms with van der Waals surface area (Å²) in [5, 5.41) is 13.7. The Morgan fingerprint density at radius 3 is 1.45 bits per heavy atom. The first-order chi connectivity index (χ1) is 31.0. The maximum atomic E-state index is 12.9. The molecule has 0 aromatic rings. The Labute approximate surface area is 395 Å². The molecule has 3 unspecified atom stereocenters. The Morgan fingerprint density at radius 1 is 0.562 bits per heavy atom. The molecule has 3 atom stereocenters. The summed E-state index contributed by atoms with van der Waals surface area (Å²) in [7, 11) is 1.24. The van der Waals surface area contributed by atoms with Gasteiger partial charge in [-0.15, -0.1) is 0 Å². The van der Waals surface area contributed by atoms with E-state index >= 15 is 0 Å². The summed E-state index contributed by atoms with van der Waals surface area (Å²) in [5.74, 6) is -0.210. The number of quaternary nitrogens is 1. The Bertz CT molecular complexity index is 1270. The zero-order valence-corrected chi connectivity index (χ0v) is 43.1. The highest BCUT2D eigenvalue weighted by atomic mass is 31.2. The molecule has 2 N–H and O–H groups in total. The normalized spacial score (nSPS) is 14.7. The molecule has 9 heteroatoms. The van der Waals surface area contributed by atoms with Gasteiger partial charge >= 0.3 is 0 Å². The topological polar surface area (TPSA) is 108 Å². The van der Waals surface area contributed by atoms with E-state index in [1.165, 1.54) is 135 Å². The summed E-state index contributed by atoms with van der Waals surface area (Å²) in [6, 6.07) is -0.902. The summed E-state index contributed by atoms with van der Waals surface area (Å²) in [6.07, 6.45) is 62.9. The number of nitrogens with one attached hydrogen (secondary N) is 1. The number of hydrogen-bond acceptors (Lipinski definition) is 6. The van der Waals surface area contributed by atoms with Gasteiger partial charge in [0.05, 0.1) is 39.9 Å². The van der Waals surface area contributed by atoms with Crippen LogP contribution in [0.3, 0.4) is 0 Å². The van der Waals surface area contributed by atoms with Crippen molar-refractivity contribution in [3.05, 3.63) is 72.9 Å². The van der Waals surface area contributed by atoms with Crippen LogP contribution in [0.1, 0.15) is 219 Å². The Kier molecular flexibility index (Phi) is 44.6. The summed E-state index contributed by atoms with van der Waals surface area (Å²) in [6.45, 7) is 4.46. The van der Waals surface area contributed by atoms with Crippen molar-refractivity contribution < 1.29 is 32.9 Å². The molecule has 64 heavy (non-hydrogen) atoms. The van der Waals surface area contributed by atoms with Crippen molar-refractivity contribution in [2.45, 2.75) is 231 Å². The van der Waals surface area contributed by atoms with Crippen molar-refractivity contribution in [2.75, 3.05) is 40.9 Å². The Balaban J connectivity index is 3.96. The third kappa shape index (κ3) is 47.9. The molecule has 372 valence electrons. The predicted molar refractivity (Wildman–Crippen MR) is 274 cm³/mol. The standard InChI is InChI=1S/C55H101N2O6P/c1-6-8-10-12-14-16-17-18-19-20-21-22-23-24-25-26-27-28-29-30-31-32-33-34-35-36-37-38-39-41-43-45-47-49-55(59)56-53(52-63-64(60,61)62-51-50-57(3,4)5)54(58)48-46-44-42-40-15-13-11-9-7-2/h8,10,14-16,18-19,21-22,40,46,48,53-54,58H,6-7,9,11-13,17,20,23-39,41-45,47,49-52H2,1-5H3,(H-,56,59,60,61)/b10-8-,16-14-,19-18-,22-21-,40-15+,48-46+. The van der Waals surface area contributed by atoms with Crippen LogP contribution >= 0.6 is 7.82 Å². The Hall–Kier alpha value is -2.06. The lowest BCUT2D eigenvalue weighted by molar-refractivity contribution is -0.870. The quantitative estimate of drug-likeness (QED) is 0.0272. The van der Waals surface area contributed by atoms with E-state index in [4.69, 9.17) is 9.05 Å². The van der Waals surface area contributed by atoms with Gasteiger partial charge in [0.25, 0.3) is 7.82 Å².